The first-order valence-electron chi connectivity index (χ1n) is 6.40. The lowest BCUT2D eigenvalue weighted by Crippen LogP contribution is -2.07. The van der Waals surface area contributed by atoms with Crippen molar-refractivity contribution in [2.75, 3.05) is 5.32 Å². The number of rotatable bonds is 2. The average molecular weight is 295 g/mol. The summed E-state index contributed by atoms with van der Waals surface area (Å²) in [5.41, 5.74) is 1.90. The number of nitriles is 1. The van der Waals surface area contributed by atoms with Crippen molar-refractivity contribution in [3.8, 4) is 17.3 Å². The summed E-state index contributed by atoms with van der Waals surface area (Å²) in [6, 6.07) is 9.31. The molecule has 22 heavy (non-hydrogen) atoms. The first kappa shape index (κ1) is 13.7. The van der Waals surface area contributed by atoms with E-state index >= 15 is 0 Å². The molecule has 0 fully saturated rings. The molecule has 1 aromatic carbocycles. The molecule has 2 aromatic heterocycles. The molecule has 1 N–H and O–H groups in total. The highest BCUT2D eigenvalue weighted by molar-refractivity contribution is 5.90. The van der Waals surface area contributed by atoms with Crippen molar-refractivity contribution in [1.29, 1.82) is 5.26 Å². The Morgan fingerprint density at radius 3 is 2.86 bits per heavy atom. The Labute approximate surface area is 124 Å². The van der Waals surface area contributed by atoms with E-state index < -0.39 is 5.82 Å². The normalized spacial score (nSPS) is 10.4. The molecule has 0 aliphatic rings. The molecule has 108 valence electrons. The number of carbonyl (C=O) groups is 1. The van der Waals surface area contributed by atoms with Crippen LogP contribution in [0.25, 0.3) is 16.9 Å². The van der Waals surface area contributed by atoms with Crippen LogP contribution in [0.3, 0.4) is 0 Å². The topological polar surface area (TPSA) is 83.1 Å². The molecule has 1 amide bonds. The maximum atomic E-state index is 14.3. The second-order valence-electron chi connectivity index (χ2n) is 4.65. The number of aromatic nitrogens is 3. The zero-order chi connectivity index (χ0) is 15.7. The lowest BCUT2D eigenvalue weighted by molar-refractivity contribution is -0.114. The number of hydrogen-bond acceptors (Lipinski definition) is 4. The molecule has 0 saturated heterocycles. The van der Waals surface area contributed by atoms with E-state index in [1.54, 1.807) is 12.1 Å². The van der Waals surface area contributed by atoms with E-state index in [-0.39, 0.29) is 17.0 Å². The summed E-state index contributed by atoms with van der Waals surface area (Å²) in [7, 11) is 0. The summed E-state index contributed by atoms with van der Waals surface area (Å²) < 4.78 is 15.7. The third kappa shape index (κ3) is 2.38. The number of benzene rings is 1. The molecular formula is C15H10FN5O. The summed E-state index contributed by atoms with van der Waals surface area (Å²) in [6.07, 6.45) is 1.35. The van der Waals surface area contributed by atoms with E-state index in [4.69, 9.17) is 5.26 Å². The highest BCUT2D eigenvalue weighted by atomic mass is 19.1. The molecule has 0 bridgehead atoms. The van der Waals surface area contributed by atoms with E-state index in [2.05, 4.69) is 15.4 Å². The number of hydrogen-bond donors (Lipinski definition) is 1. The van der Waals surface area contributed by atoms with Gasteiger partial charge in [0.05, 0.1) is 17.3 Å². The summed E-state index contributed by atoms with van der Waals surface area (Å²) in [6.45, 7) is 1.38. The minimum atomic E-state index is -0.546. The maximum absolute atomic E-state index is 14.3. The van der Waals surface area contributed by atoms with Gasteiger partial charge >= 0.3 is 0 Å². The van der Waals surface area contributed by atoms with Gasteiger partial charge in [-0.15, -0.1) is 0 Å². The summed E-state index contributed by atoms with van der Waals surface area (Å²) in [5.74, 6) is -0.786. The van der Waals surface area contributed by atoms with E-state index in [0.717, 1.165) is 6.07 Å². The van der Waals surface area contributed by atoms with Crippen LogP contribution in [-0.4, -0.2) is 20.5 Å². The number of halogens is 1. The minimum absolute atomic E-state index is 0.231. The lowest BCUT2D eigenvalue weighted by Gasteiger charge is -2.09. The summed E-state index contributed by atoms with van der Waals surface area (Å²) in [4.78, 5) is 15.3. The fourth-order valence-electron chi connectivity index (χ4n) is 2.18. The number of amides is 1. The van der Waals surface area contributed by atoms with Gasteiger partial charge in [0.2, 0.25) is 5.91 Å². The van der Waals surface area contributed by atoms with Crippen molar-refractivity contribution in [3.05, 3.63) is 48.0 Å². The van der Waals surface area contributed by atoms with Gasteiger partial charge in [0.1, 0.15) is 12.1 Å². The van der Waals surface area contributed by atoms with Gasteiger partial charge in [0, 0.05) is 24.2 Å². The van der Waals surface area contributed by atoms with Crippen LogP contribution in [0, 0.1) is 17.1 Å². The van der Waals surface area contributed by atoms with Crippen LogP contribution in [0.4, 0.5) is 10.1 Å². The van der Waals surface area contributed by atoms with Crippen molar-refractivity contribution in [1.82, 2.24) is 14.6 Å². The number of pyridine rings is 1. The number of anilines is 1. The third-order valence-corrected chi connectivity index (χ3v) is 3.07. The van der Waals surface area contributed by atoms with Gasteiger partial charge in [-0.1, -0.05) is 0 Å². The van der Waals surface area contributed by atoms with Crippen LogP contribution < -0.4 is 5.32 Å². The number of nitrogens with zero attached hydrogens (tertiary/aromatic N) is 4. The molecule has 7 heteroatoms. The molecule has 3 rings (SSSR count). The first-order valence-corrected chi connectivity index (χ1v) is 6.40. The van der Waals surface area contributed by atoms with Crippen molar-refractivity contribution < 1.29 is 9.18 Å². The predicted molar refractivity (Wildman–Crippen MR) is 77.4 cm³/mol. The molecule has 0 radical (unpaired) electrons. The molecule has 0 unspecified atom stereocenters. The van der Waals surface area contributed by atoms with Crippen LogP contribution in [0.15, 0.2) is 36.7 Å². The van der Waals surface area contributed by atoms with E-state index in [0.29, 0.717) is 17.0 Å². The Hall–Kier alpha value is -3.27. The number of carbonyl (C=O) groups excluding carboxylic acids is 1. The lowest BCUT2D eigenvalue weighted by atomic mass is 10.1. The second-order valence-corrected chi connectivity index (χ2v) is 4.65. The molecule has 0 atom stereocenters. The Balaban J connectivity index is 2.23. The van der Waals surface area contributed by atoms with Crippen molar-refractivity contribution in [3.63, 3.8) is 0 Å². The Kier molecular flexibility index (Phi) is 3.27. The first-order chi connectivity index (χ1) is 10.6. The monoisotopic (exact) mass is 295 g/mol. The summed E-state index contributed by atoms with van der Waals surface area (Å²) in [5, 5.41) is 15.5. The maximum Gasteiger partial charge on any atom is 0.221 e. The molecule has 0 aliphatic carbocycles. The van der Waals surface area contributed by atoms with Crippen LogP contribution in [0.5, 0.6) is 0 Å². The Morgan fingerprint density at radius 1 is 1.36 bits per heavy atom. The largest absolute Gasteiger partial charge is 0.326 e. The highest BCUT2D eigenvalue weighted by Gasteiger charge is 2.13. The standard InChI is InChI=1S/C15H10FN5O/c1-9(22)20-11-5-14(21-15(6-11)18-8-19-21)12-3-2-10(7-17)4-13(12)16/h2-6,8H,1H3,(H,20,22). The summed E-state index contributed by atoms with van der Waals surface area (Å²) >= 11 is 0. The molecular weight excluding hydrogens is 285 g/mol. The van der Waals surface area contributed by atoms with Crippen molar-refractivity contribution >= 4 is 17.2 Å². The van der Waals surface area contributed by atoms with Crippen molar-refractivity contribution in [2.24, 2.45) is 0 Å². The van der Waals surface area contributed by atoms with Gasteiger partial charge in [0.15, 0.2) is 5.65 Å². The fraction of sp³-hybridized carbons (Fsp3) is 0.0667. The van der Waals surface area contributed by atoms with Gasteiger partial charge < -0.3 is 5.32 Å². The molecule has 6 nitrogen and oxygen atoms in total. The van der Waals surface area contributed by atoms with Crippen LogP contribution in [-0.2, 0) is 4.79 Å². The van der Waals surface area contributed by atoms with Gasteiger partial charge in [-0.3, -0.25) is 4.79 Å². The van der Waals surface area contributed by atoms with Gasteiger partial charge in [-0.05, 0) is 24.3 Å². The smallest absolute Gasteiger partial charge is 0.221 e. The van der Waals surface area contributed by atoms with E-state index in [1.807, 2.05) is 6.07 Å². The van der Waals surface area contributed by atoms with Crippen LogP contribution in [0.2, 0.25) is 0 Å². The molecule has 3 aromatic rings. The highest BCUT2D eigenvalue weighted by Crippen LogP contribution is 2.27. The fourth-order valence-corrected chi connectivity index (χ4v) is 2.18. The van der Waals surface area contributed by atoms with E-state index in [1.165, 1.54) is 29.9 Å². The predicted octanol–water partition coefficient (Wildman–Crippen LogP) is 2.37. The zero-order valence-electron chi connectivity index (χ0n) is 11.5. The second kappa shape index (κ2) is 5.26. The zero-order valence-corrected chi connectivity index (χ0v) is 11.5. The molecule has 0 spiro atoms. The van der Waals surface area contributed by atoms with Crippen LogP contribution >= 0.6 is 0 Å². The van der Waals surface area contributed by atoms with Crippen molar-refractivity contribution in [2.45, 2.75) is 6.92 Å². The Bertz CT molecular complexity index is 925. The minimum Gasteiger partial charge on any atom is -0.326 e. The number of nitrogens with one attached hydrogen (secondary N) is 1. The van der Waals surface area contributed by atoms with E-state index in [9.17, 15) is 9.18 Å². The average Bonchev–Trinajstić information content (AvgIpc) is 2.94. The molecule has 0 saturated carbocycles. The molecule has 0 aliphatic heterocycles. The van der Waals surface area contributed by atoms with Gasteiger partial charge in [-0.25, -0.2) is 13.9 Å². The van der Waals surface area contributed by atoms with Gasteiger partial charge in [-0.2, -0.15) is 10.4 Å². The van der Waals surface area contributed by atoms with Gasteiger partial charge in [0.25, 0.3) is 0 Å². The molecule has 2 heterocycles. The number of fused-ring (bicyclic) bond motifs is 1. The van der Waals surface area contributed by atoms with Crippen LogP contribution in [0.1, 0.15) is 12.5 Å². The quantitative estimate of drug-likeness (QED) is 0.786. The Morgan fingerprint density at radius 2 is 2.18 bits per heavy atom. The SMILES string of the molecule is CC(=O)Nc1cc(-c2ccc(C#N)cc2F)n2ncnc2c1. The third-order valence-electron chi connectivity index (χ3n) is 3.07.